The first-order valence-corrected chi connectivity index (χ1v) is 20.8. The predicted molar refractivity (Wildman–Crippen MR) is 257 cm³/mol. The van der Waals surface area contributed by atoms with Gasteiger partial charge in [-0.25, -0.2) is 0 Å². The van der Waals surface area contributed by atoms with Crippen LogP contribution in [0.3, 0.4) is 0 Å². The van der Waals surface area contributed by atoms with E-state index in [1.165, 1.54) is 43.8 Å². The van der Waals surface area contributed by atoms with Gasteiger partial charge < -0.3 is 13.9 Å². The number of hydrogen-bond donors (Lipinski definition) is 0. The summed E-state index contributed by atoms with van der Waals surface area (Å²) in [4.78, 5) is 2.39. The first-order valence-electron chi connectivity index (χ1n) is 20.8. The lowest BCUT2D eigenvalue weighted by atomic mass is 9.96. The molecule has 61 heavy (non-hydrogen) atoms. The van der Waals surface area contributed by atoms with Gasteiger partial charge in [0.2, 0.25) is 0 Å². The van der Waals surface area contributed by atoms with Crippen molar-refractivity contribution in [2.24, 2.45) is 0 Å². The lowest BCUT2D eigenvalue weighted by Gasteiger charge is -2.28. The Hall–Kier alpha value is -8.14. The van der Waals surface area contributed by atoms with Crippen LogP contribution in [0, 0.1) is 0 Å². The average molecular weight is 779 g/mol. The third-order valence-corrected chi connectivity index (χ3v) is 12.2. The number of rotatable bonds is 7. The molecule has 286 valence electrons. The van der Waals surface area contributed by atoms with Crippen LogP contribution in [-0.2, 0) is 0 Å². The van der Waals surface area contributed by atoms with E-state index in [1.54, 1.807) is 0 Å². The zero-order valence-electron chi connectivity index (χ0n) is 33.2. The molecule has 0 atom stereocenters. The third kappa shape index (κ3) is 5.74. The van der Waals surface area contributed by atoms with E-state index in [2.05, 4.69) is 240 Å². The molecule has 0 fully saturated rings. The number of furan rings is 1. The first kappa shape index (κ1) is 34.9. The Balaban J connectivity index is 1.05. The molecule has 0 spiro atoms. The Morgan fingerprint density at radius 1 is 0.328 bits per heavy atom. The lowest BCUT2D eigenvalue weighted by Crippen LogP contribution is -2.11. The highest BCUT2D eigenvalue weighted by atomic mass is 16.3. The van der Waals surface area contributed by atoms with Gasteiger partial charge in [0.15, 0.2) is 5.58 Å². The maximum absolute atomic E-state index is 7.06. The zero-order chi connectivity index (χ0) is 40.3. The number of fused-ring (bicyclic) bond motifs is 7. The fourth-order valence-corrected chi connectivity index (χ4v) is 9.41. The standard InChI is InChI=1S/C58H38N2O/c1-2-19-43(20-3-1)60-55-30-11-9-24-52(55)58-56(60)53-28-14-27-51(57(53)61-58)50-23-8-10-29-54(50)59(44-35-31-41(32-36-44)48-25-12-17-39-15-4-6-21-46(39)48)45-37-33-42(34-38-45)49-26-13-18-40-16-5-7-22-47(40)49/h1-38H. The van der Waals surface area contributed by atoms with E-state index in [1.807, 2.05) is 0 Å². The van der Waals surface area contributed by atoms with Crippen LogP contribution in [0.5, 0.6) is 0 Å². The molecule has 3 nitrogen and oxygen atoms in total. The van der Waals surface area contributed by atoms with Crippen molar-refractivity contribution in [3.05, 3.63) is 231 Å². The van der Waals surface area contributed by atoms with Gasteiger partial charge in [-0.15, -0.1) is 0 Å². The molecular formula is C58H38N2O. The molecule has 2 heterocycles. The van der Waals surface area contributed by atoms with Gasteiger partial charge in [0, 0.05) is 39.0 Å². The molecule has 0 saturated carbocycles. The van der Waals surface area contributed by atoms with E-state index >= 15 is 0 Å². The van der Waals surface area contributed by atoms with Crippen LogP contribution in [0.1, 0.15) is 0 Å². The van der Waals surface area contributed by atoms with Crippen LogP contribution >= 0.6 is 0 Å². The van der Waals surface area contributed by atoms with Gasteiger partial charge in [0.05, 0.1) is 11.2 Å². The van der Waals surface area contributed by atoms with Gasteiger partial charge in [-0.2, -0.15) is 0 Å². The second-order valence-electron chi connectivity index (χ2n) is 15.6. The van der Waals surface area contributed by atoms with Crippen molar-refractivity contribution in [2.45, 2.75) is 0 Å². The molecule has 0 radical (unpaired) electrons. The minimum Gasteiger partial charge on any atom is -0.453 e. The van der Waals surface area contributed by atoms with Crippen molar-refractivity contribution in [2.75, 3.05) is 4.90 Å². The second kappa shape index (κ2) is 14.3. The van der Waals surface area contributed by atoms with E-state index in [4.69, 9.17) is 4.42 Å². The monoisotopic (exact) mass is 778 g/mol. The van der Waals surface area contributed by atoms with E-state index in [-0.39, 0.29) is 0 Å². The van der Waals surface area contributed by atoms with Gasteiger partial charge in [-0.1, -0.05) is 170 Å². The van der Waals surface area contributed by atoms with Crippen LogP contribution in [0.4, 0.5) is 17.1 Å². The van der Waals surface area contributed by atoms with Gasteiger partial charge in [0.1, 0.15) is 11.1 Å². The maximum atomic E-state index is 7.06. The molecule has 0 aliphatic carbocycles. The Morgan fingerprint density at radius 2 is 0.803 bits per heavy atom. The molecule has 12 rings (SSSR count). The van der Waals surface area contributed by atoms with Crippen molar-refractivity contribution in [3.8, 4) is 39.1 Å². The molecule has 0 N–H and O–H groups in total. The highest BCUT2D eigenvalue weighted by Crippen LogP contribution is 2.47. The van der Waals surface area contributed by atoms with Gasteiger partial charge in [-0.05, 0) is 104 Å². The number of hydrogen-bond acceptors (Lipinski definition) is 2. The number of aromatic nitrogens is 1. The van der Waals surface area contributed by atoms with Gasteiger partial charge in [-0.3, -0.25) is 0 Å². The summed E-state index contributed by atoms with van der Waals surface area (Å²) in [5.74, 6) is 0. The normalized spacial score (nSPS) is 11.6. The van der Waals surface area contributed by atoms with E-state index in [0.29, 0.717) is 0 Å². The predicted octanol–water partition coefficient (Wildman–Crippen LogP) is 16.3. The Morgan fingerprint density at radius 3 is 1.46 bits per heavy atom. The molecule has 0 amide bonds. The fourth-order valence-electron chi connectivity index (χ4n) is 9.41. The van der Waals surface area contributed by atoms with E-state index in [0.717, 1.165) is 66.8 Å². The van der Waals surface area contributed by atoms with Crippen LogP contribution in [0.2, 0.25) is 0 Å². The minimum absolute atomic E-state index is 0.868. The number of para-hydroxylation sites is 4. The van der Waals surface area contributed by atoms with Crippen LogP contribution in [-0.4, -0.2) is 4.57 Å². The zero-order valence-corrected chi connectivity index (χ0v) is 33.2. The fraction of sp³-hybridized carbons (Fsp3) is 0. The van der Waals surface area contributed by atoms with E-state index in [9.17, 15) is 0 Å². The van der Waals surface area contributed by atoms with Gasteiger partial charge in [0.25, 0.3) is 0 Å². The summed E-state index contributed by atoms with van der Waals surface area (Å²) in [5.41, 5.74) is 15.2. The molecule has 0 aliphatic heterocycles. The summed E-state index contributed by atoms with van der Waals surface area (Å²) in [5, 5.41) is 7.13. The van der Waals surface area contributed by atoms with Gasteiger partial charge >= 0.3 is 0 Å². The topological polar surface area (TPSA) is 21.3 Å². The molecule has 12 aromatic rings. The van der Waals surface area contributed by atoms with Crippen molar-refractivity contribution in [1.82, 2.24) is 4.57 Å². The largest absolute Gasteiger partial charge is 0.453 e. The Kier molecular flexibility index (Phi) is 8.17. The molecule has 10 aromatic carbocycles. The van der Waals surface area contributed by atoms with Crippen molar-refractivity contribution < 1.29 is 4.42 Å². The molecule has 3 heteroatoms. The van der Waals surface area contributed by atoms with E-state index < -0.39 is 0 Å². The van der Waals surface area contributed by atoms with Crippen molar-refractivity contribution in [1.29, 1.82) is 0 Å². The summed E-state index contributed by atoms with van der Waals surface area (Å²) in [6.07, 6.45) is 0. The Labute approximate surface area is 353 Å². The number of benzene rings is 10. The van der Waals surface area contributed by atoms with Crippen molar-refractivity contribution >= 4 is 71.6 Å². The average Bonchev–Trinajstić information content (AvgIpc) is 3.87. The number of anilines is 3. The van der Waals surface area contributed by atoms with Crippen LogP contribution in [0.25, 0.3) is 93.6 Å². The summed E-state index contributed by atoms with van der Waals surface area (Å²) in [7, 11) is 0. The quantitative estimate of drug-likeness (QED) is 0.161. The van der Waals surface area contributed by atoms with Crippen LogP contribution in [0.15, 0.2) is 235 Å². The highest BCUT2D eigenvalue weighted by Gasteiger charge is 2.24. The maximum Gasteiger partial charge on any atom is 0.161 e. The molecule has 0 saturated heterocycles. The third-order valence-electron chi connectivity index (χ3n) is 12.2. The summed E-state index contributed by atoms with van der Waals surface area (Å²) < 4.78 is 9.40. The molecule has 0 aliphatic rings. The SMILES string of the molecule is c1ccc(-n2c3ccccc3c3oc4c(-c5ccccc5N(c5ccc(-c6cccc7ccccc67)cc5)c5ccc(-c6cccc7ccccc67)cc5)cccc4c32)cc1. The second-order valence-corrected chi connectivity index (χ2v) is 15.6. The molecule has 0 bridgehead atoms. The molecule has 0 unspecified atom stereocenters. The minimum atomic E-state index is 0.868. The van der Waals surface area contributed by atoms with Crippen LogP contribution < -0.4 is 4.90 Å². The summed E-state index contributed by atoms with van der Waals surface area (Å²) in [6.45, 7) is 0. The smallest absolute Gasteiger partial charge is 0.161 e. The summed E-state index contributed by atoms with van der Waals surface area (Å²) in [6, 6.07) is 82.7. The summed E-state index contributed by atoms with van der Waals surface area (Å²) >= 11 is 0. The highest BCUT2D eigenvalue weighted by molar-refractivity contribution is 6.19. The first-order chi connectivity index (χ1) is 30.3. The molecular weight excluding hydrogens is 741 g/mol. The van der Waals surface area contributed by atoms with Crippen molar-refractivity contribution in [3.63, 3.8) is 0 Å². The molecule has 2 aromatic heterocycles. The lowest BCUT2D eigenvalue weighted by molar-refractivity contribution is 0.674. The Bertz CT molecular complexity index is 3440. The number of nitrogens with zero attached hydrogens (tertiary/aromatic N) is 2.